The maximum absolute atomic E-state index is 12.4. The molecule has 138 valence electrons. The van der Waals surface area contributed by atoms with Gasteiger partial charge in [-0.2, -0.15) is 13.2 Å². The predicted molar refractivity (Wildman–Crippen MR) is 88.0 cm³/mol. The molecule has 0 bridgehead atoms. The van der Waals surface area contributed by atoms with Crippen molar-refractivity contribution in [1.29, 1.82) is 0 Å². The summed E-state index contributed by atoms with van der Waals surface area (Å²) in [4.78, 5) is 24.7. The lowest BCUT2D eigenvalue weighted by molar-refractivity contribution is -0.157. The molecule has 0 spiro atoms. The van der Waals surface area contributed by atoms with Crippen LogP contribution < -0.4 is 5.32 Å². The molecule has 0 saturated carbocycles. The number of nitrogens with one attached hydrogen (secondary N) is 1. The first-order valence-corrected chi connectivity index (χ1v) is 8.17. The summed E-state index contributed by atoms with van der Waals surface area (Å²) < 4.78 is 37.3. The number of carbonyl (C=O) groups excluding carboxylic acids is 2. The van der Waals surface area contributed by atoms with Gasteiger partial charge in [-0.1, -0.05) is 43.7 Å². The van der Waals surface area contributed by atoms with Crippen molar-refractivity contribution in [3.63, 3.8) is 0 Å². The Kier molecular flexibility index (Phi) is 5.44. The summed E-state index contributed by atoms with van der Waals surface area (Å²) in [7, 11) is 0. The highest BCUT2D eigenvalue weighted by molar-refractivity contribution is 5.89. The molecule has 4 nitrogen and oxygen atoms in total. The van der Waals surface area contributed by atoms with Gasteiger partial charge >= 0.3 is 6.18 Å². The standard InChI is InChI=1S/C18H23F3N2O2/c1-12-5-4-6-14(7-12)17(2,3)10-22-16(25)13-8-15(24)23(9-13)11-18(19,20)21/h4-7,13H,8-11H2,1-3H3,(H,22,25). The molecule has 1 aromatic rings. The number of hydrogen-bond donors (Lipinski definition) is 1. The van der Waals surface area contributed by atoms with E-state index in [0.717, 1.165) is 11.1 Å². The molecule has 0 radical (unpaired) electrons. The van der Waals surface area contributed by atoms with E-state index in [9.17, 15) is 22.8 Å². The summed E-state index contributed by atoms with van der Waals surface area (Å²) >= 11 is 0. The molecule has 1 atom stereocenters. The molecule has 1 unspecified atom stereocenters. The van der Waals surface area contributed by atoms with Crippen LogP contribution in [-0.2, 0) is 15.0 Å². The Morgan fingerprint density at radius 1 is 1.32 bits per heavy atom. The highest BCUT2D eigenvalue weighted by atomic mass is 19.4. The van der Waals surface area contributed by atoms with Crippen molar-refractivity contribution < 1.29 is 22.8 Å². The summed E-state index contributed by atoms with van der Waals surface area (Å²) in [5, 5.41) is 2.79. The second kappa shape index (κ2) is 7.06. The smallest absolute Gasteiger partial charge is 0.355 e. The number of carbonyl (C=O) groups is 2. The van der Waals surface area contributed by atoms with Crippen LogP contribution in [0.3, 0.4) is 0 Å². The number of hydrogen-bond acceptors (Lipinski definition) is 2. The second-order valence-corrected chi connectivity index (χ2v) is 7.26. The summed E-state index contributed by atoms with van der Waals surface area (Å²) in [6.07, 6.45) is -4.62. The van der Waals surface area contributed by atoms with E-state index in [2.05, 4.69) is 5.32 Å². The monoisotopic (exact) mass is 356 g/mol. The van der Waals surface area contributed by atoms with Crippen molar-refractivity contribution >= 4 is 11.8 Å². The van der Waals surface area contributed by atoms with Crippen molar-refractivity contribution in [1.82, 2.24) is 10.2 Å². The third-order valence-corrected chi connectivity index (χ3v) is 4.46. The minimum atomic E-state index is -4.45. The number of halogens is 3. The van der Waals surface area contributed by atoms with Crippen LogP contribution in [0.5, 0.6) is 0 Å². The van der Waals surface area contributed by atoms with Gasteiger partial charge in [0.1, 0.15) is 6.54 Å². The van der Waals surface area contributed by atoms with E-state index in [1.54, 1.807) is 0 Å². The minimum Gasteiger partial charge on any atom is -0.355 e. The van der Waals surface area contributed by atoms with Gasteiger partial charge < -0.3 is 10.2 Å². The molecule has 1 N–H and O–H groups in total. The van der Waals surface area contributed by atoms with Gasteiger partial charge in [-0.15, -0.1) is 0 Å². The molecule has 1 saturated heterocycles. The highest BCUT2D eigenvalue weighted by Gasteiger charge is 2.40. The van der Waals surface area contributed by atoms with E-state index in [0.29, 0.717) is 11.4 Å². The van der Waals surface area contributed by atoms with Gasteiger partial charge in [-0.05, 0) is 12.5 Å². The summed E-state index contributed by atoms with van der Waals surface area (Å²) in [6.45, 7) is 4.81. The fourth-order valence-corrected chi connectivity index (χ4v) is 2.94. The van der Waals surface area contributed by atoms with Crippen molar-refractivity contribution in [3.8, 4) is 0 Å². The third kappa shape index (κ3) is 5.21. The molecular formula is C18H23F3N2O2. The molecular weight excluding hydrogens is 333 g/mol. The van der Waals surface area contributed by atoms with Gasteiger partial charge in [0.25, 0.3) is 0 Å². The zero-order valence-electron chi connectivity index (χ0n) is 14.6. The largest absolute Gasteiger partial charge is 0.406 e. The Balaban J connectivity index is 1.93. The van der Waals surface area contributed by atoms with Crippen LogP contribution in [0.4, 0.5) is 13.2 Å². The molecule has 1 aliphatic heterocycles. The number of amides is 2. The van der Waals surface area contributed by atoms with Gasteiger partial charge in [0, 0.05) is 24.9 Å². The van der Waals surface area contributed by atoms with Crippen LogP contribution in [0.25, 0.3) is 0 Å². The van der Waals surface area contributed by atoms with Crippen LogP contribution in [0.2, 0.25) is 0 Å². The molecule has 7 heteroatoms. The maximum Gasteiger partial charge on any atom is 0.406 e. The molecule has 1 aromatic carbocycles. The molecule has 1 aliphatic rings. The third-order valence-electron chi connectivity index (χ3n) is 4.46. The van der Waals surface area contributed by atoms with Gasteiger partial charge in [-0.25, -0.2) is 0 Å². The van der Waals surface area contributed by atoms with E-state index in [1.165, 1.54) is 0 Å². The quantitative estimate of drug-likeness (QED) is 0.882. The van der Waals surface area contributed by atoms with Crippen LogP contribution in [0.1, 0.15) is 31.4 Å². The van der Waals surface area contributed by atoms with Crippen LogP contribution in [0.15, 0.2) is 24.3 Å². The fourth-order valence-electron chi connectivity index (χ4n) is 2.94. The molecule has 1 fully saturated rings. The average molecular weight is 356 g/mol. The Labute approximate surface area is 145 Å². The minimum absolute atomic E-state index is 0.174. The maximum atomic E-state index is 12.4. The Morgan fingerprint density at radius 2 is 2.00 bits per heavy atom. The Bertz CT molecular complexity index is 656. The SMILES string of the molecule is Cc1cccc(C(C)(C)CNC(=O)C2CC(=O)N(CC(F)(F)F)C2)c1. The van der Waals surface area contributed by atoms with Crippen molar-refractivity contribution in [2.45, 2.75) is 38.8 Å². The van der Waals surface area contributed by atoms with E-state index >= 15 is 0 Å². The van der Waals surface area contributed by atoms with Gasteiger partial charge in [0.15, 0.2) is 0 Å². The van der Waals surface area contributed by atoms with Crippen molar-refractivity contribution in [3.05, 3.63) is 35.4 Å². The van der Waals surface area contributed by atoms with Crippen molar-refractivity contribution in [2.75, 3.05) is 19.6 Å². The normalized spacial score (nSPS) is 18.6. The molecule has 0 aliphatic carbocycles. The number of benzene rings is 1. The first-order valence-electron chi connectivity index (χ1n) is 8.17. The molecule has 2 rings (SSSR count). The lowest BCUT2D eigenvalue weighted by atomic mass is 9.84. The first kappa shape index (κ1) is 19.3. The predicted octanol–water partition coefficient (Wildman–Crippen LogP) is 2.80. The molecule has 0 aromatic heterocycles. The van der Waals surface area contributed by atoms with Crippen LogP contribution in [-0.4, -0.2) is 42.5 Å². The summed E-state index contributed by atoms with van der Waals surface area (Å²) in [5.74, 6) is -1.74. The summed E-state index contributed by atoms with van der Waals surface area (Å²) in [6, 6.07) is 7.94. The van der Waals surface area contributed by atoms with Gasteiger partial charge in [0.2, 0.25) is 11.8 Å². The lowest BCUT2D eigenvalue weighted by Crippen LogP contribution is -2.41. The Hall–Kier alpha value is -2.05. The summed E-state index contributed by atoms with van der Waals surface area (Å²) in [5.41, 5.74) is 1.85. The number of likely N-dealkylation sites (tertiary alicyclic amines) is 1. The fraction of sp³-hybridized carbons (Fsp3) is 0.556. The number of nitrogens with zero attached hydrogens (tertiary/aromatic N) is 1. The van der Waals surface area contributed by atoms with Crippen LogP contribution in [0, 0.1) is 12.8 Å². The topological polar surface area (TPSA) is 49.4 Å². The first-order chi connectivity index (χ1) is 11.5. The van der Waals surface area contributed by atoms with E-state index in [-0.39, 0.29) is 24.3 Å². The molecule has 2 amide bonds. The van der Waals surface area contributed by atoms with Gasteiger partial charge in [-0.3, -0.25) is 9.59 Å². The average Bonchev–Trinajstić information content (AvgIpc) is 2.84. The Morgan fingerprint density at radius 3 is 2.60 bits per heavy atom. The second-order valence-electron chi connectivity index (χ2n) is 7.26. The molecule has 1 heterocycles. The number of aryl methyl sites for hydroxylation is 1. The number of alkyl halides is 3. The van der Waals surface area contributed by atoms with E-state index in [1.807, 2.05) is 45.0 Å². The number of rotatable bonds is 5. The highest BCUT2D eigenvalue weighted by Crippen LogP contribution is 2.25. The molecule has 25 heavy (non-hydrogen) atoms. The zero-order chi connectivity index (χ0) is 18.8. The lowest BCUT2D eigenvalue weighted by Gasteiger charge is -2.27. The van der Waals surface area contributed by atoms with Gasteiger partial charge in [0.05, 0.1) is 5.92 Å². The zero-order valence-corrected chi connectivity index (χ0v) is 14.6. The van der Waals surface area contributed by atoms with Crippen LogP contribution >= 0.6 is 0 Å². The van der Waals surface area contributed by atoms with E-state index in [4.69, 9.17) is 0 Å². The van der Waals surface area contributed by atoms with Crippen molar-refractivity contribution in [2.24, 2.45) is 5.92 Å². The van der Waals surface area contributed by atoms with E-state index < -0.39 is 24.5 Å².